The topological polar surface area (TPSA) is 55.8 Å². The van der Waals surface area contributed by atoms with Gasteiger partial charge in [0.2, 0.25) is 5.91 Å². The summed E-state index contributed by atoms with van der Waals surface area (Å²) >= 11 is 0. The third-order valence-corrected chi connectivity index (χ3v) is 3.82. The number of hydrogen-bond acceptors (Lipinski definition) is 4. The molecule has 2 saturated heterocycles. The molecule has 3 atom stereocenters. The van der Waals surface area contributed by atoms with E-state index in [2.05, 4.69) is 0 Å². The quantitative estimate of drug-likeness (QED) is 0.686. The van der Waals surface area contributed by atoms with Gasteiger partial charge in [-0.15, -0.1) is 0 Å². The monoisotopic (exact) mass is 255 g/mol. The van der Waals surface area contributed by atoms with Gasteiger partial charge in [0.1, 0.15) is 0 Å². The zero-order valence-electron chi connectivity index (χ0n) is 11.1. The summed E-state index contributed by atoms with van der Waals surface area (Å²) < 4.78 is 10.2. The minimum atomic E-state index is -0.205. The molecule has 0 spiro atoms. The molecule has 0 N–H and O–H groups in total. The van der Waals surface area contributed by atoms with Crippen molar-refractivity contribution in [2.75, 3.05) is 26.8 Å². The summed E-state index contributed by atoms with van der Waals surface area (Å²) in [6.07, 6.45) is 2.64. The van der Waals surface area contributed by atoms with Gasteiger partial charge in [0, 0.05) is 13.1 Å². The average Bonchev–Trinajstić information content (AvgIpc) is 2.83. The molecular weight excluding hydrogens is 234 g/mol. The van der Waals surface area contributed by atoms with Gasteiger partial charge < -0.3 is 14.4 Å². The van der Waals surface area contributed by atoms with Crippen LogP contribution in [0.4, 0.5) is 0 Å². The lowest BCUT2D eigenvalue weighted by Crippen LogP contribution is -2.45. The highest BCUT2D eigenvalue weighted by Crippen LogP contribution is 2.25. The van der Waals surface area contributed by atoms with Crippen LogP contribution in [0.2, 0.25) is 0 Å². The van der Waals surface area contributed by atoms with Crippen LogP contribution < -0.4 is 0 Å². The van der Waals surface area contributed by atoms with Crippen LogP contribution >= 0.6 is 0 Å². The van der Waals surface area contributed by atoms with Gasteiger partial charge in [0.15, 0.2) is 0 Å². The van der Waals surface area contributed by atoms with E-state index in [9.17, 15) is 9.59 Å². The van der Waals surface area contributed by atoms with E-state index >= 15 is 0 Å². The van der Waals surface area contributed by atoms with Crippen LogP contribution in [0, 0.1) is 11.8 Å². The van der Waals surface area contributed by atoms with Gasteiger partial charge in [-0.1, -0.05) is 0 Å². The molecule has 2 aliphatic rings. The van der Waals surface area contributed by atoms with Crippen LogP contribution in [0.5, 0.6) is 0 Å². The second-order valence-electron chi connectivity index (χ2n) is 5.22. The number of rotatable bonds is 2. The Morgan fingerprint density at radius 3 is 2.72 bits per heavy atom. The first-order chi connectivity index (χ1) is 8.61. The Labute approximate surface area is 107 Å². The average molecular weight is 255 g/mol. The number of carbonyl (C=O) groups is 2. The van der Waals surface area contributed by atoms with E-state index in [0.717, 1.165) is 25.8 Å². The zero-order valence-corrected chi connectivity index (χ0v) is 11.1. The number of carbonyl (C=O) groups excluding carboxylic acids is 2. The fraction of sp³-hybridized carbons (Fsp3) is 0.846. The minimum absolute atomic E-state index is 0.0311. The lowest BCUT2D eigenvalue weighted by Gasteiger charge is -2.32. The molecule has 2 fully saturated rings. The second-order valence-corrected chi connectivity index (χ2v) is 5.22. The van der Waals surface area contributed by atoms with Gasteiger partial charge >= 0.3 is 5.97 Å². The van der Waals surface area contributed by atoms with Crippen molar-refractivity contribution in [2.24, 2.45) is 11.8 Å². The Hall–Kier alpha value is -1.10. The number of nitrogens with zero attached hydrogens (tertiary/aromatic N) is 1. The molecule has 0 aromatic heterocycles. The van der Waals surface area contributed by atoms with E-state index in [4.69, 9.17) is 9.47 Å². The summed E-state index contributed by atoms with van der Waals surface area (Å²) in [5, 5.41) is 0. The fourth-order valence-corrected chi connectivity index (χ4v) is 2.78. The lowest BCUT2D eigenvalue weighted by atomic mass is 9.96. The molecule has 0 aromatic carbocycles. The van der Waals surface area contributed by atoms with E-state index in [1.165, 1.54) is 7.11 Å². The molecular formula is C13H21NO4. The highest BCUT2D eigenvalue weighted by Gasteiger charge is 2.35. The standard InChI is InChI=1S/C13H21NO4/c1-9-6-11(8-18-9)12(15)14-5-3-4-10(7-14)13(16)17-2/h9-11H,3-8H2,1-2H3/t9?,10-,11?/m0/s1. The second kappa shape index (κ2) is 5.69. The molecule has 0 radical (unpaired) electrons. The third-order valence-electron chi connectivity index (χ3n) is 3.82. The maximum absolute atomic E-state index is 12.3. The molecule has 0 bridgehead atoms. The number of methoxy groups -OCH3 is 1. The maximum Gasteiger partial charge on any atom is 0.310 e. The van der Waals surface area contributed by atoms with Crippen LogP contribution in [0.1, 0.15) is 26.2 Å². The van der Waals surface area contributed by atoms with E-state index < -0.39 is 0 Å². The molecule has 0 saturated carbocycles. The smallest absolute Gasteiger partial charge is 0.310 e. The first-order valence-corrected chi connectivity index (χ1v) is 6.60. The van der Waals surface area contributed by atoms with Gasteiger partial charge in [-0.2, -0.15) is 0 Å². The van der Waals surface area contributed by atoms with Crippen molar-refractivity contribution < 1.29 is 19.1 Å². The zero-order chi connectivity index (χ0) is 13.1. The molecule has 2 rings (SSSR count). The lowest BCUT2D eigenvalue weighted by molar-refractivity contribution is -0.149. The molecule has 5 nitrogen and oxygen atoms in total. The number of likely N-dealkylation sites (tertiary alicyclic amines) is 1. The summed E-state index contributed by atoms with van der Waals surface area (Å²) in [7, 11) is 1.40. The summed E-state index contributed by atoms with van der Waals surface area (Å²) in [5.74, 6) is -0.264. The van der Waals surface area contributed by atoms with Gasteiger partial charge in [0.05, 0.1) is 31.7 Å². The van der Waals surface area contributed by atoms with Crippen molar-refractivity contribution in [1.29, 1.82) is 0 Å². The van der Waals surface area contributed by atoms with Crippen LogP contribution in [-0.4, -0.2) is 49.7 Å². The number of hydrogen-bond donors (Lipinski definition) is 0. The molecule has 18 heavy (non-hydrogen) atoms. The van der Waals surface area contributed by atoms with E-state index in [-0.39, 0.29) is 29.8 Å². The number of ether oxygens (including phenoxy) is 2. The van der Waals surface area contributed by atoms with E-state index in [0.29, 0.717) is 13.2 Å². The van der Waals surface area contributed by atoms with Crippen molar-refractivity contribution in [3.63, 3.8) is 0 Å². The molecule has 2 aliphatic heterocycles. The number of amides is 1. The Balaban J connectivity index is 1.92. The normalized spacial score (nSPS) is 32.3. The SMILES string of the molecule is COC(=O)[C@H]1CCCN(C(=O)C2COC(C)C2)C1. The van der Waals surface area contributed by atoms with Gasteiger partial charge in [-0.05, 0) is 26.2 Å². The van der Waals surface area contributed by atoms with Gasteiger partial charge in [-0.3, -0.25) is 9.59 Å². The molecule has 5 heteroatoms. The number of piperidine rings is 1. The predicted octanol–water partition coefficient (Wildman–Crippen LogP) is 0.823. The molecule has 102 valence electrons. The van der Waals surface area contributed by atoms with Crippen LogP contribution in [0.25, 0.3) is 0 Å². The van der Waals surface area contributed by atoms with Crippen molar-refractivity contribution in [3.05, 3.63) is 0 Å². The molecule has 0 aliphatic carbocycles. The Bertz CT molecular complexity index is 331. The molecule has 0 aromatic rings. The van der Waals surface area contributed by atoms with Crippen LogP contribution in [0.15, 0.2) is 0 Å². The predicted molar refractivity (Wildman–Crippen MR) is 64.8 cm³/mol. The Kier molecular flexibility index (Phi) is 4.22. The first-order valence-electron chi connectivity index (χ1n) is 6.60. The van der Waals surface area contributed by atoms with Crippen molar-refractivity contribution in [1.82, 2.24) is 4.90 Å². The van der Waals surface area contributed by atoms with E-state index in [1.807, 2.05) is 6.92 Å². The third kappa shape index (κ3) is 2.83. The van der Waals surface area contributed by atoms with Gasteiger partial charge in [0.25, 0.3) is 0 Å². The van der Waals surface area contributed by atoms with Crippen LogP contribution in [0.3, 0.4) is 0 Å². The number of esters is 1. The van der Waals surface area contributed by atoms with Gasteiger partial charge in [-0.25, -0.2) is 0 Å². The molecule has 1 amide bonds. The van der Waals surface area contributed by atoms with Crippen molar-refractivity contribution in [3.8, 4) is 0 Å². The minimum Gasteiger partial charge on any atom is -0.469 e. The summed E-state index contributed by atoms with van der Waals surface area (Å²) in [6, 6.07) is 0. The fourth-order valence-electron chi connectivity index (χ4n) is 2.78. The van der Waals surface area contributed by atoms with Crippen molar-refractivity contribution >= 4 is 11.9 Å². The largest absolute Gasteiger partial charge is 0.469 e. The Morgan fingerprint density at radius 1 is 1.33 bits per heavy atom. The highest BCUT2D eigenvalue weighted by molar-refractivity contribution is 5.80. The first kappa shape index (κ1) is 13.3. The Morgan fingerprint density at radius 2 is 2.11 bits per heavy atom. The molecule has 2 heterocycles. The summed E-state index contributed by atoms with van der Waals surface area (Å²) in [6.45, 7) is 3.74. The van der Waals surface area contributed by atoms with Crippen molar-refractivity contribution in [2.45, 2.75) is 32.3 Å². The summed E-state index contributed by atoms with van der Waals surface area (Å²) in [4.78, 5) is 25.6. The van der Waals surface area contributed by atoms with E-state index in [1.54, 1.807) is 4.90 Å². The summed E-state index contributed by atoms with van der Waals surface area (Å²) in [5.41, 5.74) is 0. The van der Waals surface area contributed by atoms with Crippen LogP contribution in [-0.2, 0) is 19.1 Å². The molecule has 2 unspecified atom stereocenters. The highest BCUT2D eigenvalue weighted by atomic mass is 16.5. The maximum atomic E-state index is 12.3.